The first-order valence-electron chi connectivity index (χ1n) is 7.39. The second kappa shape index (κ2) is 6.96. The first kappa shape index (κ1) is 17.2. The molecule has 0 spiro atoms. The molecule has 2 rings (SSSR count). The van der Waals surface area contributed by atoms with E-state index < -0.39 is 5.41 Å². The lowest BCUT2D eigenvalue weighted by Gasteiger charge is -2.33. The highest BCUT2D eigenvalue weighted by molar-refractivity contribution is 6.30. The molecule has 0 aromatic heterocycles. The molecule has 1 amide bonds. The molecule has 1 heterocycles. The van der Waals surface area contributed by atoms with Crippen LogP contribution in [0, 0.1) is 5.41 Å². The second-order valence-corrected chi connectivity index (χ2v) is 6.75. The predicted molar refractivity (Wildman–Crippen MR) is 87.1 cm³/mol. The zero-order valence-electron chi connectivity index (χ0n) is 13.0. The van der Waals surface area contributed by atoms with E-state index in [-0.39, 0.29) is 25.2 Å². The van der Waals surface area contributed by atoms with Gasteiger partial charge in [-0.1, -0.05) is 18.5 Å². The van der Waals surface area contributed by atoms with E-state index in [2.05, 4.69) is 0 Å². The molecule has 1 aliphatic rings. The van der Waals surface area contributed by atoms with Crippen molar-refractivity contribution in [3.63, 3.8) is 0 Å². The monoisotopic (exact) mass is 326 g/mol. The van der Waals surface area contributed by atoms with E-state index in [1.54, 1.807) is 24.0 Å². The van der Waals surface area contributed by atoms with Crippen molar-refractivity contribution in [1.82, 2.24) is 4.90 Å². The summed E-state index contributed by atoms with van der Waals surface area (Å²) < 4.78 is 0. The molecule has 1 aliphatic heterocycles. The van der Waals surface area contributed by atoms with E-state index in [4.69, 9.17) is 11.6 Å². The van der Waals surface area contributed by atoms with E-state index >= 15 is 0 Å². The smallest absolute Gasteiger partial charge is 0.244 e. The third-order valence-electron chi connectivity index (χ3n) is 4.24. The van der Waals surface area contributed by atoms with Crippen molar-refractivity contribution in [3.8, 4) is 0 Å². The second-order valence-electron chi connectivity index (χ2n) is 6.31. The Morgan fingerprint density at radius 3 is 2.45 bits per heavy atom. The van der Waals surface area contributed by atoms with E-state index in [9.17, 15) is 15.0 Å². The van der Waals surface area contributed by atoms with Crippen LogP contribution in [0.25, 0.3) is 0 Å². The van der Waals surface area contributed by atoms with Crippen LogP contribution >= 0.6 is 11.6 Å². The Balaban J connectivity index is 2.06. The average Bonchev–Trinajstić information content (AvgIpc) is 2.89. The van der Waals surface area contributed by atoms with Gasteiger partial charge >= 0.3 is 0 Å². The average molecular weight is 327 g/mol. The fourth-order valence-corrected chi connectivity index (χ4v) is 2.94. The van der Waals surface area contributed by atoms with Gasteiger partial charge in [0, 0.05) is 29.2 Å². The Labute approximate surface area is 136 Å². The minimum Gasteiger partial charge on any atom is -0.396 e. The van der Waals surface area contributed by atoms with Crippen molar-refractivity contribution < 1.29 is 15.0 Å². The summed E-state index contributed by atoms with van der Waals surface area (Å²) in [5, 5.41) is 19.5. The van der Waals surface area contributed by atoms with Gasteiger partial charge < -0.3 is 15.1 Å². The normalized spacial score (nSPS) is 19.3. The molecule has 6 heteroatoms. The van der Waals surface area contributed by atoms with Crippen molar-refractivity contribution in [3.05, 3.63) is 29.3 Å². The summed E-state index contributed by atoms with van der Waals surface area (Å²) in [5.41, 5.74) is 0.236. The highest BCUT2D eigenvalue weighted by atomic mass is 35.5. The summed E-state index contributed by atoms with van der Waals surface area (Å²) >= 11 is 5.88. The van der Waals surface area contributed by atoms with Crippen LogP contribution in [0.15, 0.2) is 24.3 Å². The topological polar surface area (TPSA) is 64.0 Å². The van der Waals surface area contributed by atoms with Crippen LogP contribution in [-0.2, 0) is 4.79 Å². The molecule has 2 N–H and O–H groups in total. The fourth-order valence-electron chi connectivity index (χ4n) is 2.81. The molecule has 1 saturated heterocycles. The maximum Gasteiger partial charge on any atom is 0.244 e. The van der Waals surface area contributed by atoms with Crippen molar-refractivity contribution in [1.29, 1.82) is 0 Å². The van der Waals surface area contributed by atoms with Gasteiger partial charge in [0.2, 0.25) is 5.91 Å². The standard InChI is InChI=1S/C16H23ClN2O3/c1-16(10-20,11-21)9-18(2)14-7-8-19(15(14)22)13-5-3-12(17)4-6-13/h3-6,14,20-21H,7-11H2,1-2H3. The molecule has 1 atom stereocenters. The van der Waals surface area contributed by atoms with Crippen LogP contribution < -0.4 is 4.90 Å². The number of hydrogen-bond acceptors (Lipinski definition) is 4. The molecular formula is C16H23ClN2O3. The molecule has 1 unspecified atom stereocenters. The van der Waals surface area contributed by atoms with Gasteiger partial charge in [0.15, 0.2) is 0 Å². The Morgan fingerprint density at radius 2 is 1.91 bits per heavy atom. The summed E-state index contributed by atoms with van der Waals surface area (Å²) in [6.45, 7) is 2.69. The zero-order chi connectivity index (χ0) is 16.3. The number of aliphatic hydroxyl groups excluding tert-OH is 2. The van der Waals surface area contributed by atoms with Crippen LogP contribution in [0.1, 0.15) is 13.3 Å². The number of hydrogen-bond donors (Lipinski definition) is 2. The highest BCUT2D eigenvalue weighted by Crippen LogP contribution is 2.27. The molecular weight excluding hydrogens is 304 g/mol. The number of benzene rings is 1. The minimum absolute atomic E-state index is 0.0445. The Hall–Kier alpha value is -1.14. The molecule has 1 fully saturated rings. The fraction of sp³-hybridized carbons (Fsp3) is 0.562. The third kappa shape index (κ3) is 3.60. The van der Waals surface area contributed by atoms with E-state index in [1.165, 1.54) is 0 Å². The molecule has 1 aromatic carbocycles. The third-order valence-corrected chi connectivity index (χ3v) is 4.49. The van der Waals surface area contributed by atoms with Crippen LogP contribution in [0.2, 0.25) is 5.02 Å². The number of carbonyl (C=O) groups excluding carboxylic acids is 1. The Morgan fingerprint density at radius 1 is 1.32 bits per heavy atom. The van der Waals surface area contributed by atoms with Crippen LogP contribution in [0.4, 0.5) is 5.69 Å². The number of anilines is 1. The lowest BCUT2D eigenvalue weighted by atomic mass is 9.92. The summed E-state index contributed by atoms with van der Waals surface area (Å²) in [4.78, 5) is 16.3. The van der Waals surface area contributed by atoms with Gasteiger partial charge in [-0.2, -0.15) is 0 Å². The molecule has 0 bridgehead atoms. The summed E-state index contributed by atoms with van der Waals surface area (Å²) in [5.74, 6) is 0.0445. The first-order chi connectivity index (χ1) is 10.4. The van der Waals surface area contributed by atoms with Gasteiger partial charge in [-0.3, -0.25) is 9.69 Å². The number of rotatable bonds is 6. The maximum absolute atomic E-state index is 12.6. The lowest BCUT2D eigenvalue weighted by Crippen LogP contribution is -2.46. The number of nitrogens with zero attached hydrogens (tertiary/aromatic N) is 2. The Bertz CT molecular complexity index is 517. The molecule has 1 aromatic rings. The van der Waals surface area contributed by atoms with E-state index in [0.29, 0.717) is 18.1 Å². The van der Waals surface area contributed by atoms with Crippen LogP contribution in [-0.4, -0.2) is 60.4 Å². The van der Waals surface area contributed by atoms with Gasteiger partial charge in [-0.15, -0.1) is 0 Å². The van der Waals surface area contributed by atoms with Gasteiger partial charge in [0.1, 0.15) is 0 Å². The quantitative estimate of drug-likeness (QED) is 0.828. The van der Waals surface area contributed by atoms with E-state index in [1.807, 2.05) is 24.1 Å². The highest BCUT2D eigenvalue weighted by Gasteiger charge is 2.37. The van der Waals surface area contributed by atoms with Gasteiger partial charge in [-0.05, 0) is 37.7 Å². The number of halogens is 1. The number of carbonyl (C=O) groups is 1. The molecule has 0 radical (unpaired) electrons. The van der Waals surface area contributed by atoms with Crippen LogP contribution in [0.3, 0.4) is 0 Å². The van der Waals surface area contributed by atoms with Gasteiger partial charge in [-0.25, -0.2) is 0 Å². The first-order valence-corrected chi connectivity index (χ1v) is 7.77. The van der Waals surface area contributed by atoms with E-state index in [0.717, 1.165) is 12.1 Å². The van der Waals surface area contributed by atoms with Crippen LogP contribution in [0.5, 0.6) is 0 Å². The Kier molecular flexibility index (Phi) is 5.45. The zero-order valence-corrected chi connectivity index (χ0v) is 13.8. The molecule has 122 valence electrons. The number of likely N-dealkylation sites (N-methyl/N-ethyl adjacent to an activating group) is 1. The summed E-state index contributed by atoms with van der Waals surface area (Å²) in [7, 11) is 1.86. The van der Waals surface area contributed by atoms with Crippen molar-refractivity contribution in [2.45, 2.75) is 19.4 Å². The van der Waals surface area contributed by atoms with Gasteiger partial charge in [0.05, 0.1) is 19.3 Å². The largest absolute Gasteiger partial charge is 0.396 e. The molecule has 5 nitrogen and oxygen atoms in total. The number of aliphatic hydroxyl groups is 2. The van der Waals surface area contributed by atoms with Crippen molar-refractivity contribution in [2.24, 2.45) is 5.41 Å². The molecule has 0 saturated carbocycles. The van der Waals surface area contributed by atoms with Gasteiger partial charge in [0.25, 0.3) is 0 Å². The summed E-state index contributed by atoms with van der Waals surface area (Å²) in [6.07, 6.45) is 0.727. The summed E-state index contributed by atoms with van der Waals surface area (Å²) in [6, 6.07) is 7.00. The lowest BCUT2D eigenvalue weighted by molar-refractivity contribution is -0.122. The molecule has 22 heavy (non-hydrogen) atoms. The maximum atomic E-state index is 12.6. The SMILES string of the molecule is CN(CC(C)(CO)CO)C1CCN(c2ccc(Cl)cc2)C1=O. The van der Waals surface area contributed by atoms with Crippen molar-refractivity contribution in [2.75, 3.05) is 38.3 Å². The minimum atomic E-state index is -0.608. The predicted octanol–water partition coefficient (Wildman–Crippen LogP) is 1.37. The van der Waals surface area contributed by atoms with Crippen molar-refractivity contribution >= 4 is 23.2 Å². The number of amides is 1. The molecule has 0 aliphatic carbocycles.